The molecule has 0 spiro atoms. The van der Waals surface area contributed by atoms with E-state index in [1.54, 1.807) is 6.07 Å². The SMILES string of the molecule is N#CC1=NOC(O)C1. The topological polar surface area (TPSA) is 65.6 Å². The average molecular weight is 112 g/mol. The predicted octanol–water partition coefficient (Wildman–Crippen LogP) is -0.395. The van der Waals surface area contributed by atoms with Gasteiger partial charge in [-0.3, -0.25) is 0 Å². The van der Waals surface area contributed by atoms with E-state index < -0.39 is 6.29 Å². The monoisotopic (exact) mass is 112 g/mol. The Kier molecular flexibility index (Phi) is 1.14. The van der Waals surface area contributed by atoms with Gasteiger partial charge < -0.3 is 9.94 Å². The second-order valence-electron chi connectivity index (χ2n) is 1.41. The molecule has 8 heavy (non-hydrogen) atoms. The molecular formula is C4H4N2O2. The second kappa shape index (κ2) is 1.80. The molecule has 1 rings (SSSR count). The number of aliphatic hydroxyl groups is 1. The number of rotatable bonds is 0. The summed E-state index contributed by atoms with van der Waals surface area (Å²) < 4.78 is 0. The molecule has 1 atom stereocenters. The molecule has 4 heteroatoms. The van der Waals surface area contributed by atoms with Crippen LogP contribution < -0.4 is 0 Å². The highest BCUT2D eigenvalue weighted by molar-refractivity contribution is 5.98. The van der Waals surface area contributed by atoms with Crippen LogP contribution in [-0.4, -0.2) is 17.1 Å². The summed E-state index contributed by atoms with van der Waals surface area (Å²) in [4.78, 5) is 4.28. The summed E-state index contributed by atoms with van der Waals surface area (Å²) in [6, 6.07) is 1.76. The van der Waals surface area contributed by atoms with Gasteiger partial charge in [-0.25, -0.2) is 0 Å². The van der Waals surface area contributed by atoms with Crippen molar-refractivity contribution in [2.24, 2.45) is 5.16 Å². The molecule has 4 nitrogen and oxygen atoms in total. The average Bonchev–Trinajstić information content (AvgIpc) is 2.14. The smallest absolute Gasteiger partial charge is 0.230 e. The van der Waals surface area contributed by atoms with Gasteiger partial charge in [-0.05, 0) is 0 Å². The van der Waals surface area contributed by atoms with Gasteiger partial charge in [0.15, 0.2) is 5.71 Å². The van der Waals surface area contributed by atoms with Crippen molar-refractivity contribution in [3.05, 3.63) is 0 Å². The van der Waals surface area contributed by atoms with Gasteiger partial charge in [0, 0.05) is 0 Å². The Morgan fingerprint density at radius 1 is 2.00 bits per heavy atom. The molecule has 0 aromatic heterocycles. The van der Waals surface area contributed by atoms with Crippen LogP contribution in [0.2, 0.25) is 0 Å². The maximum Gasteiger partial charge on any atom is 0.230 e. The van der Waals surface area contributed by atoms with Gasteiger partial charge in [0.05, 0.1) is 6.42 Å². The molecule has 1 N–H and O–H groups in total. The Labute approximate surface area is 46.0 Å². The highest BCUT2D eigenvalue weighted by Gasteiger charge is 2.16. The summed E-state index contributed by atoms with van der Waals surface area (Å²) in [6.07, 6.45) is -0.680. The van der Waals surface area contributed by atoms with E-state index in [0.29, 0.717) is 0 Å². The van der Waals surface area contributed by atoms with Gasteiger partial charge in [-0.15, -0.1) is 0 Å². The molecule has 0 bridgehead atoms. The van der Waals surface area contributed by atoms with Crippen molar-refractivity contribution in [3.63, 3.8) is 0 Å². The number of nitriles is 1. The molecule has 0 aromatic rings. The first kappa shape index (κ1) is 5.06. The van der Waals surface area contributed by atoms with Crippen molar-refractivity contribution < 1.29 is 9.94 Å². The lowest BCUT2D eigenvalue weighted by Crippen LogP contribution is -2.03. The number of hydrogen-bond donors (Lipinski definition) is 1. The molecule has 0 saturated heterocycles. The Bertz CT molecular complexity index is 158. The molecule has 42 valence electrons. The van der Waals surface area contributed by atoms with E-state index >= 15 is 0 Å². The highest BCUT2D eigenvalue weighted by Crippen LogP contribution is 2.05. The van der Waals surface area contributed by atoms with Crippen molar-refractivity contribution >= 4 is 5.71 Å². The zero-order valence-electron chi connectivity index (χ0n) is 4.03. The van der Waals surface area contributed by atoms with Crippen molar-refractivity contribution in [1.82, 2.24) is 0 Å². The molecule has 1 heterocycles. The van der Waals surface area contributed by atoms with Gasteiger partial charge in [0.25, 0.3) is 0 Å². The fourth-order valence-corrected chi connectivity index (χ4v) is 0.430. The highest BCUT2D eigenvalue weighted by atomic mass is 16.7. The van der Waals surface area contributed by atoms with E-state index in [4.69, 9.17) is 10.4 Å². The quantitative estimate of drug-likeness (QED) is 0.463. The molecular weight excluding hydrogens is 108 g/mol. The Balaban J connectivity index is 2.53. The molecule has 0 aliphatic carbocycles. The first-order valence-electron chi connectivity index (χ1n) is 2.14. The summed E-state index contributed by atoms with van der Waals surface area (Å²) in [5.41, 5.74) is 0.248. The number of oxime groups is 1. The van der Waals surface area contributed by atoms with Crippen LogP contribution in [0.25, 0.3) is 0 Å². The predicted molar refractivity (Wildman–Crippen MR) is 24.8 cm³/mol. The van der Waals surface area contributed by atoms with Gasteiger partial charge in [0.2, 0.25) is 6.29 Å². The van der Waals surface area contributed by atoms with Crippen molar-refractivity contribution in [3.8, 4) is 6.07 Å². The van der Waals surface area contributed by atoms with Crippen LogP contribution >= 0.6 is 0 Å². The van der Waals surface area contributed by atoms with Crippen LogP contribution in [0.1, 0.15) is 6.42 Å². The minimum absolute atomic E-state index is 0.219. The van der Waals surface area contributed by atoms with Crippen LogP contribution in [0.15, 0.2) is 5.16 Å². The normalized spacial score (nSPS) is 26.0. The van der Waals surface area contributed by atoms with E-state index in [1.807, 2.05) is 0 Å². The summed E-state index contributed by atoms with van der Waals surface area (Å²) >= 11 is 0. The number of aliphatic hydroxyl groups excluding tert-OH is 1. The minimum Gasteiger partial charge on any atom is -0.362 e. The van der Waals surface area contributed by atoms with Crippen LogP contribution in [-0.2, 0) is 4.84 Å². The molecule has 0 aromatic carbocycles. The van der Waals surface area contributed by atoms with E-state index in [2.05, 4.69) is 9.99 Å². The Morgan fingerprint density at radius 2 is 2.75 bits per heavy atom. The molecule has 0 saturated carbocycles. The van der Waals surface area contributed by atoms with Gasteiger partial charge >= 0.3 is 0 Å². The molecule has 0 amide bonds. The van der Waals surface area contributed by atoms with E-state index in [1.165, 1.54) is 0 Å². The second-order valence-corrected chi connectivity index (χ2v) is 1.41. The molecule has 1 unspecified atom stereocenters. The lowest BCUT2D eigenvalue weighted by Gasteiger charge is -1.92. The number of hydrogen-bond acceptors (Lipinski definition) is 4. The fourth-order valence-electron chi connectivity index (χ4n) is 0.430. The largest absolute Gasteiger partial charge is 0.362 e. The van der Waals surface area contributed by atoms with E-state index in [-0.39, 0.29) is 12.1 Å². The zero-order valence-corrected chi connectivity index (χ0v) is 4.03. The van der Waals surface area contributed by atoms with Crippen LogP contribution in [0, 0.1) is 11.3 Å². The van der Waals surface area contributed by atoms with E-state index in [9.17, 15) is 0 Å². The molecule has 1 aliphatic heterocycles. The fraction of sp³-hybridized carbons (Fsp3) is 0.500. The zero-order chi connectivity index (χ0) is 5.98. The third-order valence-electron chi connectivity index (χ3n) is 0.782. The summed E-state index contributed by atoms with van der Waals surface area (Å²) in [6.45, 7) is 0. The maximum atomic E-state index is 8.54. The first-order chi connectivity index (χ1) is 3.83. The third-order valence-corrected chi connectivity index (χ3v) is 0.782. The standard InChI is InChI=1S/C4H4N2O2/c5-2-3-1-4(7)8-6-3/h4,7H,1H2. The molecule has 1 aliphatic rings. The molecule has 0 fully saturated rings. The van der Waals surface area contributed by atoms with Crippen molar-refractivity contribution in [1.29, 1.82) is 5.26 Å². The summed E-state index contributed by atoms with van der Waals surface area (Å²) in [5.74, 6) is 0. The third kappa shape index (κ3) is 0.768. The van der Waals surface area contributed by atoms with E-state index in [0.717, 1.165) is 0 Å². The lowest BCUT2D eigenvalue weighted by molar-refractivity contribution is -0.0762. The number of nitrogens with zero attached hydrogens (tertiary/aromatic N) is 2. The van der Waals surface area contributed by atoms with Gasteiger partial charge in [-0.1, -0.05) is 5.16 Å². The van der Waals surface area contributed by atoms with Crippen LogP contribution in [0.5, 0.6) is 0 Å². The van der Waals surface area contributed by atoms with Crippen molar-refractivity contribution in [2.75, 3.05) is 0 Å². The first-order valence-corrected chi connectivity index (χ1v) is 2.14. The summed E-state index contributed by atoms with van der Waals surface area (Å²) in [7, 11) is 0. The van der Waals surface area contributed by atoms with Crippen molar-refractivity contribution in [2.45, 2.75) is 12.7 Å². The van der Waals surface area contributed by atoms with Gasteiger partial charge in [-0.2, -0.15) is 5.26 Å². The van der Waals surface area contributed by atoms with Crippen LogP contribution in [0.4, 0.5) is 0 Å². The Hall–Kier alpha value is -1.08. The minimum atomic E-state index is -0.898. The van der Waals surface area contributed by atoms with Crippen LogP contribution in [0.3, 0.4) is 0 Å². The maximum absolute atomic E-state index is 8.54. The Morgan fingerprint density at radius 3 is 3.00 bits per heavy atom. The summed E-state index contributed by atoms with van der Waals surface area (Å²) in [5, 5.41) is 19.9. The lowest BCUT2D eigenvalue weighted by atomic mass is 10.3. The van der Waals surface area contributed by atoms with Gasteiger partial charge in [0.1, 0.15) is 6.07 Å². The molecule has 0 radical (unpaired) electrons.